The monoisotopic (exact) mass is 435 g/mol. The van der Waals surface area contributed by atoms with E-state index < -0.39 is 9.84 Å². The van der Waals surface area contributed by atoms with Gasteiger partial charge in [0.25, 0.3) is 5.91 Å². The average Bonchev–Trinajstić information content (AvgIpc) is 2.78. The topological polar surface area (TPSA) is 96.0 Å². The van der Waals surface area contributed by atoms with Gasteiger partial charge in [0, 0.05) is 44.7 Å². The Hall–Kier alpha value is -2.13. The summed E-state index contributed by atoms with van der Waals surface area (Å²) in [5.74, 6) is -0.281. The minimum absolute atomic E-state index is 0.0273. The third kappa shape index (κ3) is 4.78. The zero-order valence-corrected chi connectivity index (χ0v) is 18.0. The zero-order chi connectivity index (χ0) is 21.1. The Morgan fingerprint density at radius 1 is 1.10 bits per heavy atom. The van der Waals surface area contributed by atoms with Crippen molar-refractivity contribution < 1.29 is 22.7 Å². The molecule has 2 heterocycles. The van der Waals surface area contributed by atoms with E-state index in [-0.39, 0.29) is 35.5 Å². The van der Waals surface area contributed by atoms with Crippen LogP contribution in [0.3, 0.4) is 0 Å². The van der Waals surface area contributed by atoms with E-state index >= 15 is 0 Å². The van der Waals surface area contributed by atoms with Crippen molar-refractivity contribution in [3.63, 3.8) is 0 Å². The molecule has 1 saturated carbocycles. The number of rotatable bonds is 5. The summed E-state index contributed by atoms with van der Waals surface area (Å²) in [6.07, 6.45) is 6.39. The van der Waals surface area contributed by atoms with Gasteiger partial charge in [-0.2, -0.15) is 0 Å². The standard InChI is InChI=1S/C21H29N3O5S/c25-20-15-29-19-14-17(6-7-18(19)22-20)30(27,28)13-8-21(26)24-11-9-23(10-12-24)16-4-2-1-3-5-16/h6-7,14,16H,1-5,8-13,15H2,(H,22,25). The number of ether oxygens (including phenoxy) is 1. The number of anilines is 1. The molecule has 0 bridgehead atoms. The van der Waals surface area contributed by atoms with Gasteiger partial charge in [-0.05, 0) is 25.0 Å². The predicted molar refractivity (Wildman–Crippen MR) is 112 cm³/mol. The molecule has 4 rings (SSSR count). The van der Waals surface area contributed by atoms with E-state index in [2.05, 4.69) is 10.2 Å². The summed E-state index contributed by atoms with van der Waals surface area (Å²) in [6, 6.07) is 5.02. The molecule has 2 fully saturated rings. The number of carbonyl (C=O) groups is 2. The largest absolute Gasteiger partial charge is 0.482 e. The Bertz CT molecular complexity index is 903. The number of sulfone groups is 1. The molecule has 0 unspecified atom stereocenters. The highest BCUT2D eigenvalue weighted by Crippen LogP contribution is 2.31. The van der Waals surface area contributed by atoms with E-state index in [1.54, 1.807) is 4.90 Å². The summed E-state index contributed by atoms with van der Waals surface area (Å²) in [5, 5.41) is 2.64. The smallest absolute Gasteiger partial charge is 0.262 e. The van der Waals surface area contributed by atoms with Crippen molar-refractivity contribution in [3.8, 4) is 5.75 Å². The summed E-state index contributed by atoms with van der Waals surface area (Å²) >= 11 is 0. The van der Waals surface area contributed by atoms with Crippen molar-refractivity contribution >= 4 is 27.3 Å². The van der Waals surface area contributed by atoms with Gasteiger partial charge in [-0.1, -0.05) is 19.3 Å². The van der Waals surface area contributed by atoms with E-state index in [1.165, 1.54) is 50.3 Å². The molecule has 30 heavy (non-hydrogen) atoms. The summed E-state index contributed by atoms with van der Waals surface area (Å²) < 4.78 is 30.7. The molecule has 8 nitrogen and oxygen atoms in total. The van der Waals surface area contributed by atoms with E-state index in [9.17, 15) is 18.0 Å². The van der Waals surface area contributed by atoms with Gasteiger partial charge in [0.15, 0.2) is 16.4 Å². The number of carbonyl (C=O) groups excluding carboxylic acids is 2. The third-order valence-electron chi connectivity index (χ3n) is 6.29. The lowest BCUT2D eigenvalue weighted by Crippen LogP contribution is -2.52. The fraction of sp³-hybridized carbons (Fsp3) is 0.619. The molecule has 0 spiro atoms. The second-order valence-electron chi connectivity index (χ2n) is 8.27. The van der Waals surface area contributed by atoms with Crippen LogP contribution in [0, 0.1) is 0 Å². The molecule has 164 valence electrons. The molecular weight excluding hydrogens is 406 g/mol. The Morgan fingerprint density at radius 2 is 1.83 bits per heavy atom. The maximum Gasteiger partial charge on any atom is 0.262 e. The number of nitrogens with one attached hydrogen (secondary N) is 1. The summed E-state index contributed by atoms with van der Waals surface area (Å²) in [4.78, 5) is 28.3. The van der Waals surface area contributed by atoms with Crippen LogP contribution in [-0.4, -0.2) is 74.6 Å². The van der Waals surface area contributed by atoms with Gasteiger partial charge in [-0.15, -0.1) is 0 Å². The second-order valence-corrected chi connectivity index (χ2v) is 10.4. The van der Waals surface area contributed by atoms with E-state index in [0.29, 0.717) is 30.6 Å². The molecule has 3 aliphatic rings. The molecule has 1 aromatic rings. The Morgan fingerprint density at radius 3 is 2.57 bits per heavy atom. The molecule has 2 aliphatic heterocycles. The quantitative estimate of drug-likeness (QED) is 0.756. The van der Waals surface area contributed by atoms with E-state index in [0.717, 1.165) is 13.1 Å². The number of hydrogen-bond donors (Lipinski definition) is 1. The third-order valence-corrected chi connectivity index (χ3v) is 8.00. The molecule has 9 heteroatoms. The van der Waals surface area contributed by atoms with Crippen LogP contribution >= 0.6 is 0 Å². The average molecular weight is 436 g/mol. The first-order valence-electron chi connectivity index (χ1n) is 10.7. The molecule has 1 aromatic carbocycles. The van der Waals surface area contributed by atoms with Crippen LogP contribution in [0.1, 0.15) is 38.5 Å². The molecule has 1 saturated heterocycles. The number of nitrogens with zero attached hydrogens (tertiary/aromatic N) is 2. The first-order chi connectivity index (χ1) is 14.4. The lowest BCUT2D eigenvalue weighted by atomic mass is 9.94. The van der Waals surface area contributed by atoms with Gasteiger partial charge in [0.05, 0.1) is 16.3 Å². The van der Waals surface area contributed by atoms with Crippen LogP contribution in [0.2, 0.25) is 0 Å². The lowest BCUT2D eigenvalue weighted by molar-refractivity contribution is -0.133. The summed E-state index contributed by atoms with van der Waals surface area (Å²) in [7, 11) is -3.62. The molecule has 2 amide bonds. The number of benzene rings is 1. The highest BCUT2D eigenvalue weighted by atomic mass is 32.2. The molecule has 0 atom stereocenters. The van der Waals surface area contributed by atoms with Gasteiger partial charge in [0.1, 0.15) is 5.75 Å². The Balaban J connectivity index is 1.30. The zero-order valence-electron chi connectivity index (χ0n) is 17.1. The number of amides is 2. The molecule has 0 radical (unpaired) electrons. The lowest BCUT2D eigenvalue weighted by Gasteiger charge is -2.40. The molecule has 1 aliphatic carbocycles. The maximum atomic E-state index is 12.7. The Kier molecular flexibility index (Phi) is 6.29. The number of fused-ring (bicyclic) bond motifs is 1. The van der Waals surface area contributed by atoms with Crippen molar-refractivity contribution in [1.82, 2.24) is 9.80 Å². The highest BCUT2D eigenvalue weighted by Gasteiger charge is 2.28. The molecular formula is C21H29N3O5S. The first-order valence-corrected chi connectivity index (χ1v) is 12.4. The fourth-order valence-electron chi connectivity index (χ4n) is 4.53. The van der Waals surface area contributed by atoms with Crippen LogP contribution in [0.4, 0.5) is 5.69 Å². The number of piperazine rings is 1. The van der Waals surface area contributed by atoms with Crippen molar-refractivity contribution in [1.29, 1.82) is 0 Å². The molecule has 0 aromatic heterocycles. The van der Waals surface area contributed by atoms with E-state index in [1.807, 2.05) is 0 Å². The normalized spacial score (nSPS) is 20.9. The van der Waals surface area contributed by atoms with Crippen molar-refractivity contribution in [2.24, 2.45) is 0 Å². The summed E-state index contributed by atoms with van der Waals surface area (Å²) in [5.41, 5.74) is 0.456. The second kappa shape index (κ2) is 8.93. The van der Waals surface area contributed by atoms with Crippen LogP contribution < -0.4 is 10.1 Å². The highest BCUT2D eigenvalue weighted by molar-refractivity contribution is 7.91. The predicted octanol–water partition coefficient (Wildman–Crippen LogP) is 1.66. The van der Waals surface area contributed by atoms with Gasteiger partial charge < -0.3 is 15.0 Å². The van der Waals surface area contributed by atoms with Crippen molar-refractivity contribution in [3.05, 3.63) is 18.2 Å². The van der Waals surface area contributed by atoms with Gasteiger partial charge in [0.2, 0.25) is 5.91 Å². The van der Waals surface area contributed by atoms with Crippen LogP contribution in [0.25, 0.3) is 0 Å². The summed E-state index contributed by atoms with van der Waals surface area (Å²) in [6.45, 7) is 2.94. The SMILES string of the molecule is O=C1COc2cc(S(=O)(=O)CCC(=O)N3CCN(C4CCCCC4)CC3)ccc2N1. The van der Waals surface area contributed by atoms with Crippen LogP contribution in [0.15, 0.2) is 23.1 Å². The van der Waals surface area contributed by atoms with E-state index in [4.69, 9.17) is 4.74 Å². The van der Waals surface area contributed by atoms with Crippen LogP contribution in [-0.2, 0) is 19.4 Å². The van der Waals surface area contributed by atoms with Gasteiger partial charge in [-0.25, -0.2) is 8.42 Å². The Labute approximate surface area is 177 Å². The van der Waals surface area contributed by atoms with Gasteiger partial charge >= 0.3 is 0 Å². The minimum atomic E-state index is -3.62. The van der Waals surface area contributed by atoms with Crippen molar-refractivity contribution in [2.45, 2.75) is 49.5 Å². The minimum Gasteiger partial charge on any atom is -0.482 e. The van der Waals surface area contributed by atoms with Crippen LogP contribution in [0.5, 0.6) is 5.75 Å². The van der Waals surface area contributed by atoms with Crippen molar-refractivity contribution in [2.75, 3.05) is 43.9 Å². The van der Waals surface area contributed by atoms with Gasteiger partial charge in [-0.3, -0.25) is 14.5 Å². The molecule has 1 N–H and O–H groups in total. The first kappa shape index (κ1) is 21.1. The number of hydrogen-bond acceptors (Lipinski definition) is 6. The fourth-order valence-corrected chi connectivity index (χ4v) is 5.77. The maximum absolute atomic E-state index is 12.7.